The number of hydrogen-bond donors (Lipinski definition) is 1. The zero-order valence-corrected chi connectivity index (χ0v) is 6.99. The van der Waals surface area contributed by atoms with Crippen molar-refractivity contribution in [3.05, 3.63) is 23.4 Å². The molecule has 0 bridgehead atoms. The maximum atomic E-state index is 10.8. The molecule has 0 aliphatic carbocycles. The molecule has 0 fully saturated rings. The van der Waals surface area contributed by atoms with Crippen molar-refractivity contribution in [2.24, 2.45) is 0 Å². The Kier molecular flexibility index (Phi) is 1.88. The molecule has 0 saturated heterocycles. The van der Waals surface area contributed by atoms with Gasteiger partial charge in [0.1, 0.15) is 0 Å². The number of nitrogens with zero attached hydrogens (tertiary/aromatic N) is 1. The third kappa shape index (κ3) is 1.35. The Bertz CT molecular complexity index is 349. The third-order valence-electron chi connectivity index (χ3n) is 2.06. The number of hydrogen-bond acceptors (Lipinski definition) is 3. The number of fused-ring (bicyclic) bond motifs is 1. The zero-order valence-electron chi connectivity index (χ0n) is 6.99. The van der Waals surface area contributed by atoms with Crippen LogP contribution in [-0.2, 0) is 6.42 Å². The smallest absolute Gasteiger partial charge is 0.336 e. The van der Waals surface area contributed by atoms with E-state index in [0.717, 1.165) is 18.4 Å². The molecule has 0 radical (unpaired) electrons. The molecule has 1 aromatic heterocycles. The number of aromatic carboxylic acids is 1. The van der Waals surface area contributed by atoms with E-state index in [1.807, 2.05) is 0 Å². The second kappa shape index (κ2) is 3.05. The Labute approximate surface area is 75.2 Å². The van der Waals surface area contributed by atoms with Crippen molar-refractivity contribution in [1.82, 2.24) is 4.98 Å². The van der Waals surface area contributed by atoms with Crippen molar-refractivity contribution >= 4 is 5.97 Å². The summed E-state index contributed by atoms with van der Waals surface area (Å²) in [6.07, 6.45) is 3.07. The molecule has 0 saturated carbocycles. The molecular weight excluding hydrogens is 170 g/mol. The Balaban J connectivity index is 2.52. The molecule has 0 aromatic carbocycles. The van der Waals surface area contributed by atoms with E-state index in [0.29, 0.717) is 18.1 Å². The summed E-state index contributed by atoms with van der Waals surface area (Å²) in [6, 6.07) is 1.51. The Hall–Kier alpha value is -1.58. The second-order valence-electron chi connectivity index (χ2n) is 2.90. The highest BCUT2D eigenvalue weighted by molar-refractivity contribution is 5.89. The first-order chi connectivity index (χ1) is 6.29. The van der Waals surface area contributed by atoms with E-state index in [2.05, 4.69) is 4.98 Å². The summed E-state index contributed by atoms with van der Waals surface area (Å²) in [5, 5.41) is 8.86. The Morgan fingerprint density at radius 3 is 3.23 bits per heavy atom. The van der Waals surface area contributed by atoms with Crippen LogP contribution in [0.4, 0.5) is 0 Å². The molecule has 2 rings (SSSR count). The van der Waals surface area contributed by atoms with Gasteiger partial charge in [-0.1, -0.05) is 0 Å². The van der Waals surface area contributed by atoms with E-state index >= 15 is 0 Å². The Morgan fingerprint density at radius 1 is 1.62 bits per heavy atom. The van der Waals surface area contributed by atoms with Gasteiger partial charge in [0.05, 0.1) is 12.2 Å². The van der Waals surface area contributed by atoms with Crippen LogP contribution in [0.3, 0.4) is 0 Å². The van der Waals surface area contributed by atoms with Crippen molar-refractivity contribution in [3.8, 4) is 5.88 Å². The molecule has 0 spiro atoms. The average Bonchev–Trinajstić information content (AvgIpc) is 2.17. The van der Waals surface area contributed by atoms with Gasteiger partial charge in [-0.05, 0) is 18.9 Å². The first kappa shape index (κ1) is 8.04. The van der Waals surface area contributed by atoms with Crippen LogP contribution in [0.1, 0.15) is 22.3 Å². The predicted octanol–water partition coefficient (Wildman–Crippen LogP) is 1.10. The monoisotopic (exact) mass is 179 g/mol. The first-order valence-corrected chi connectivity index (χ1v) is 4.13. The Morgan fingerprint density at radius 2 is 2.46 bits per heavy atom. The summed E-state index contributed by atoms with van der Waals surface area (Å²) in [4.78, 5) is 14.8. The van der Waals surface area contributed by atoms with Gasteiger partial charge in [0, 0.05) is 11.8 Å². The van der Waals surface area contributed by atoms with Crippen LogP contribution >= 0.6 is 0 Å². The molecule has 0 unspecified atom stereocenters. The van der Waals surface area contributed by atoms with E-state index in [9.17, 15) is 4.79 Å². The summed E-state index contributed by atoms with van der Waals surface area (Å²) in [6.45, 7) is 0.628. The van der Waals surface area contributed by atoms with E-state index in [1.165, 1.54) is 12.3 Å². The van der Waals surface area contributed by atoms with E-state index in [4.69, 9.17) is 9.84 Å². The van der Waals surface area contributed by atoms with Crippen LogP contribution < -0.4 is 4.74 Å². The molecule has 0 atom stereocenters. The van der Waals surface area contributed by atoms with Gasteiger partial charge in [0.15, 0.2) is 0 Å². The molecule has 13 heavy (non-hydrogen) atoms. The summed E-state index contributed by atoms with van der Waals surface area (Å²) in [7, 11) is 0. The van der Waals surface area contributed by atoms with E-state index < -0.39 is 5.97 Å². The molecule has 2 heterocycles. The van der Waals surface area contributed by atoms with Crippen LogP contribution in [0.5, 0.6) is 5.88 Å². The van der Waals surface area contributed by atoms with Crippen LogP contribution in [0, 0.1) is 0 Å². The molecular formula is C9H9NO3. The molecule has 4 heteroatoms. The molecule has 68 valence electrons. The second-order valence-corrected chi connectivity index (χ2v) is 2.90. The number of aromatic nitrogens is 1. The van der Waals surface area contributed by atoms with Gasteiger partial charge in [0.25, 0.3) is 0 Å². The fourth-order valence-electron chi connectivity index (χ4n) is 1.46. The van der Waals surface area contributed by atoms with E-state index in [1.54, 1.807) is 0 Å². The van der Waals surface area contributed by atoms with Crippen LogP contribution in [0.25, 0.3) is 0 Å². The van der Waals surface area contributed by atoms with Gasteiger partial charge in [-0.2, -0.15) is 0 Å². The maximum absolute atomic E-state index is 10.8. The lowest BCUT2D eigenvalue weighted by Crippen LogP contribution is -2.14. The molecule has 1 aliphatic heterocycles. The fraction of sp³-hybridized carbons (Fsp3) is 0.333. The van der Waals surface area contributed by atoms with Crippen molar-refractivity contribution in [3.63, 3.8) is 0 Å². The number of pyridine rings is 1. The maximum Gasteiger partial charge on any atom is 0.336 e. The highest BCUT2D eigenvalue weighted by atomic mass is 16.5. The van der Waals surface area contributed by atoms with E-state index in [-0.39, 0.29) is 0 Å². The van der Waals surface area contributed by atoms with Crippen molar-refractivity contribution in [2.75, 3.05) is 6.61 Å². The largest absolute Gasteiger partial charge is 0.478 e. The van der Waals surface area contributed by atoms with Gasteiger partial charge in [0.2, 0.25) is 5.88 Å². The van der Waals surface area contributed by atoms with Crippen molar-refractivity contribution in [1.29, 1.82) is 0 Å². The first-order valence-electron chi connectivity index (χ1n) is 4.13. The lowest BCUT2D eigenvalue weighted by atomic mass is 10.0. The fourth-order valence-corrected chi connectivity index (χ4v) is 1.46. The summed E-state index contributed by atoms with van der Waals surface area (Å²) in [5.41, 5.74) is 1.03. The van der Waals surface area contributed by atoms with Gasteiger partial charge in [-0.3, -0.25) is 0 Å². The number of carboxylic acids is 1. The number of carboxylic acid groups (broad SMARTS) is 1. The third-order valence-corrected chi connectivity index (χ3v) is 2.06. The highest BCUT2D eigenvalue weighted by Crippen LogP contribution is 2.24. The molecule has 1 N–H and O–H groups in total. The van der Waals surface area contributed by atoms with Crippen LogP contribution in [0.2, 0.25) is 0 Å². The molecule has 0 amide bonds. The van der Waals surface area contributed by atoms with Crippen LogP contribution in [0.15, 0.2) is 12.3 Å². The van der Waals surface area contributed by atoms with Gasteiger partial charge in [-0.15, -0.1) is 0 Å². The minimum absolute atomic E-state index is 0.310. The summed E-state index contributed by atoms with van der Waals surface area (Å²) in [5.74, 6) is -0.435. The molecule has 4 nitrogen and oxygen atoms in total. The van der Waals surface area contributed by atoms with Gasteiger partial charge in [-0.25, -0.2) is 9.78 Å². The number of carbonyl (C=O) groups is 1. The van der Waals surface area contributed by atoms with Gasteiger partial charge >= 0.3 is 5.97 Å². The lowest BCUT2D eigenvalue weighted by Gasteiger charge is -2.16. The van der Waals surface area contributed by atoms with Crippen molar-refractivity contribution in [2.45, 2.75) is 12.8 Å². The predicted molar refractivity (Wildman–Crippen MR) is 45.0 cm³/mol. The molecule has 1 aliphatic rings. The zero-order chi connectivity index (χ0) is 9.26. The quantitative estimate of drug-likeness (QED) is 0.701. The normalized spacial score (nSPS) is 14.5. The standard InChI is InChI=1S/C9H9NO3/c11-9(12)7-3-4-10-8-6(7)2-1-5-13-8/h3-4H,1-2,5H2,(H,11,12). The summed E-state index contributed by atoms with van der Waals surface area (Å²) < 4.78 is 5.24. The highest BCUT2D eigenvalue weighted by Gasteiger charge is 2.18. The minimum Gasteiger partial charge on any atom is -0.478 e. The lowest BCUT2D eigenvalue weighted by molar-refractivity contribution is 0.0694. The number of rotatable bonds is 1. The topological polar surface area (TPSA) is 59.4 Å². The average molecular weight is 179 g/mol. The van der Waals surface area contributed by atoms with Gasteiger partial charge < -0.3 is 9.84 Å². The van der Waals surface area contributed by atoms with Crippen LogP contribution in [-0.4, -0.2) is 22.7 Å². The number of ether oxygens (including phenoxy) is 1. The molecule has 1 aromatic rings. The minimum atomic E-state index is -0.913. The van der Waals surface area contributed by atoms with Crippen molar-refractivity contribution < 1.29 is 14.6 Å². The summed E-state index contributed by atoms with van der Waals surface area (Å²) >= 11 is 0. The SMILES string of the molecule is O=C(O)c1ccnc2c1CCCO2.